The van der Waals surface area contributed by atoms with Crippen molar-refractivity contribution in [3.63, 3.8) is 0 Å². The Morgan fingerprint density at radius 2 is 1.10 bits per heavy atom. The first-order chi connectivity index (χ1) is 14.9. The van der Waals surface area contributed by atoms with Crippen molar-refractivity contribution in [3.8, 4) is 0 Å². The minimum absolute atomic E-state index is 0.0208. The van der Waals surface area contributed by atoms with Crippen molar-refractivity contribution in [3.05, 3.63) is 35.9 Å². The molecule has 0 saturated carbocycles. The zero-order valence-corrected chi connectivity index (χ0v) is 18.7. The first-order valence-electron chi connectivity index (χ1n) is 9.41. The first kappa shape index (κ1) is 40.1. The molecular weight excluding hydrogens is 412 g/mol. The fourth-order valence-corrected chi connectivity index (χ4v) is 0.953. The summed E-state index contributed by atoms with van der Waals surface area (Å²) in [4.78, 5) is 0. The molecule has 0 heterocycles. The predicted molar refractivity (Wildman–Crippen MR) is 122 cm³/mol. The van der Waals surface area contributed by atoms with Crippen LogP contribution in [0.5, 0.6) is 0 Å². The van der Waals surface area contributed by atoms with Crippen molar-refractivity contribution < 1.29 is 40.9 Å². The second-order valence-corrected chi connectivity index (χ2v) is 5.35. The van der Waals surface area contributed by atoms with Crippen molar-refractivity contribution >= 4 is 0 Å². The Bertz CT molecular complexity index is 354. The molecule has 12 nitrogen and oxygen atoms in total. The van der Waals surface area contributed by atoms with Crippen LogP contribution in [0.15, 0.2) is 30.3 Å². The highest BCUT2D eigenvalue weighted by molar-refractivity contribution is 5.13. The molecule has 0 amide bonds. The Morgan fingerprint density at radius 3 is 1.19 bits per heavy atom. The van der Waals surface area contributed by atoms with Crippen LogP contribution < -0.4 is 22.9 Å². The summed E-state index contributed by atoms with van der Waals surface area (Å²) in [6, 6.07) is 9.54. The fraction of sp³-hybridized carbons (Fsp3) is 0.684. The predicted octanol–water partition coefficient (Wildman–Crippen LogP) is -4.50. The van der Waals surface area contributed by atoms with Crippen LogP contribution in [-0.4, -0.2) is 113 Å². The van der Waals surface area contributed by atoms with Crippen LogP contribution in [-0.2, 0) is 6.54 Å². The molecule has 16 N–H and O–H groups in total. The van der Waals surface area contributed by atoms with Gasteiger partial charge in [-0.05, 0) is 12.1 Å². The third-order valence-electron chi connectivity index (χ3n) is 2.88. The van der Waals surface area contributed by atoms with E-state index in [1.165, 1.54) is 5.56 Å². The van der Waals surface area contributed by atoms with Crippen LogP contribution in [0.2, 0.25) is 0 Å². The van der Waals surface area contributed by atoms with Gasteiger partial charge in [0.1, 0.15) is 0 Å². The largest absolute Gasteiger partial charge is 0.400 e. The van der Waals surface area contributed by atoms with Gasteiger partial charge in [-0.1, -0.05) is 30.3 Å². The van der Waals surface area contributed by atoms with Gasteiger partial charge in [-0.2, -0.15) is 0 Å². The molecule has 0 aliphatic heterocycles. The number of hydrogen-bond donors (Lipinski definition) is 12. The average molecular weight is 459 g/mol. The molecule has 190 valence electrons. The maximum atomic E-state index is 8.29. The van der Waals surface area contributed by atoms with E-state index in [9.17, 15) is 0 Å². The average Bonchev–Trinajstić information content (AvgIpc) is 2.88. The number of aliphatic hydroxyl groups is 8. The molecule has 0 bridgehead atoms. The van der Waals surface area contributed by atoms with E-state index in [0.717, 1.165) is 14.2 Å². The van der Waals surface area contributed by atoms with Gasteiger partial charge in [0, 0.05) is 46.4 Å². The van der Waals surface area contributed by atoms with Crippen molar-refractivity contribution in [2.45, 2.75) is 18.7 Å². The van der Waals surface area contributed by atoms with E-state index in [2.05, 4.69) is 0 Å². The van der Waals surface area contributed by atoms with Gasteiger partial charge in [0.15, 0.2) is 0 Å². The van der Waals surface area contributed by atoms with Crippen LogP contribution in [0.1, 0.15) is 5.56 Å². The van der Waals surface area contributed by atoms with Crippen molar-refractivity contribution in [1.29, 1.82) is 0 Å². The van der Waals surface area contributed by atoms with Crippen LogP contribution in [0.4, 0.5) is 0 Å². The maximum absolute atomic E-state index is 8.29. The van der Waals surface area contributed by atoms with E-state index in [4.69, 9.17) is 63.8 Å². The fourth-order valence-electron chi connectivity index (χ4n) is 0.953. The summed E-state index contributed by atoms with van der Waals surface area (Å²) in [5.41, 5.74) is 21.5. The summed E-state index contributed by atoms with van der Waals surface area (Å²) in [7, 11) is 2.00. The quantitative estimate of drug-likeness (QED) is 0.176. The van der Waals surface area contributed by atoms with Gasteiger partial charge in [0.05, 0.1) is 32.0 Å². The summed E-state index contributed by atoms with van der Waals surface area (Å²) in [6.07, 6.45) is -0.731. The topological polar surface area (TPSA) is 266 Å². The second kappa shape index (κ2) is 39.2. The van der Waals surface area contributed by atoms with Gasteiger partial charge >= 0.3 is 0 Å². The molecule has 1 unspecified atom stereocenters. The van der Waals surface area contributed by atoms with Gasteiger partial charge < -0.3 is 63.8 Å². The smallest absolute Gasteiger partial charge is 0.0892 e. The number of benzene rings is 1. The Labute approximate surface area is 185 Å². The normalized spacial score (nSPS) is 9.81. The third-order valence-corrected chi connectivity index (χ3v) is 2.88. The van der Waals surface area contributed by atoms with Crippen LogP contribution >= 0.6 is 0 Å². The highest BCUT2D eigenvalue weighted by atomic mass is 16.3. The van der Waals surface area contributed by atoms with E-state index in [-0.39, 0.29) is 45.5 Å². The molecule has 0 fully saturated rings. The molecule has 0 saturated heterocycles. The maximum Gasteiger partial charge on any atom is 0.0892 e. The van der Waals surface area contributed by atoms with E-state index in [0.29, 0.717) is 13.1 Å². The lowest BCUT2D eigenvalue weighted by atomic mass is 10.2. The molecule has 1 aromatic rings. The van der Waals surface area contributed by atoms with Gasteiger partial charge in [-0.3, -0.25) is 0 Å². The van der Waals surface area contributed by atoms with Crippen molar-refractivity contribution in [2.75, 3.05) is 60.3 Å². The number of aliphatic hydroxyl groups excluding tert-OH is 8. The van der Waals surface area contributed by atoms with Gasteiger partial charge in [-0.15, -0.1) is 0 Å². The second-order valence-electron chi connectivity index (χ2n) is 5.35. The summed E-state index contributed by atoms with van der Waals surface area (Å²) in [5.74, 6) is -0.125. The number of nitrogens with two attached hydrogens (primary N) is 4. The Balaban J connectivity index is -0.0000000925. The molecule has 1 rings (SSSR count). The lowest BCUT2D eigenvalue weighted by molar-refractivity contribution is 0.102. The molecule has 0 spiro atoms. The highest BCUT2D eigenvalue weighted by Crippen LogP contribution is 1.94. The summed E-state index contributed by atoms with van der Waals surface area (Å²) >= 11 is 0. The summed E-state index contributed by atoms with van der Waals surface area (Å²) < 4.78 is 0. The van der Waals surface area contributed by atoms with Crippen LogP contribution in [0.3, 0.4) is 0 Å². The summed E-state index contributed by atoms with van der Waals surface area (Å²) in [5, 5.41) is 63.0. The highest BCUT2D eigenvalue weighted by Gasteiger charge is 1.99. The molecule has 0 aliphatic rings. The molecule has 12 heteroatoms. The SMILES string of the molecule is CO.CO.NC(CO)CO.NCC(CO)CO.NCC(O)CO.NCc1ccccc1. The minimum atomic E-state index is -0.731. The standard InChI is InChI=1S/C7H9N.C4H11NO2.2C3H9NO2.2CH4O/c8-6-7-4-2-1-3-5-7;5-1-4(2-6)3-7;4-3(1-5)2-6;4-1-3(6)2-5;2*1-2/h1-5H,6,8H2;4,6-7H,1-3,5H2;2*3,5-6H,1-2,4H2;2*2H,1H3. The van der Waals surface area contributed by atoms with Crippen LogP contribution in [0.25, 0.3) is 0 Å². The van der Waals surface area contributed by atoms with Crippen LogP contribution in [0, 0.1) is 5.92 Å². The zero-order valence-electron chi connectivity index (χ0n) is 18.7. The Morgan fingerprint density at radius 1 is 0.677 bits per heavy atom. The number of hydrogen-bond acceptors (Lipinski definition) is 12. The lowest BCUT2D eigenvalue weighted by Crippen LogP contribution is -2.27. The molecule has 1 atom stereocenters. The number of rotatable bonds is 8. The Hall–Kier alpha value is -1.26. The van der Waals surface area contributed by atoms with E-state index in [1.807, 2.05) is 30.3 Å². The molecule has 0 aliphatic carbocycles. The van der Waals surface area contributed by atoms with Crippen molar-refractivity contribution in [1.82, 2.24) is 0 Å². The van der Waals surface area contributed by atoms with E-state index < -0.39 is 12.1 Å². The minimum Gasteiger partial charge on any atom is -0.400 e. The molecule has 0 radical (unpaired) electrons. The van der Waals surface area contributed by atoms with E-state index >= 15 is 0 Å². The van der Waals surface area contributed by atoms with Gasteiger partial charge in [0.25, 0.3) is 0 Å². The zero-order chi connectivity index (χ0) is 25.5. The first-order valence-corrected chi connectivity index (χ1v) is 9.41. The molecule has 31 heavy (non-hydrogen) atoms. The third kappa shape index (κ3) is 39.7. The summed E-state index contributed by atoms with van der Waals surface area (Å²) in [6.45, 7) is 0.563. The lowest BCUT2D eigenvalue weighted by Gasteiger charge is -2.03. The van der Waals surface area contributed by atoms with Crippen molar-refractivity contribution in [2.24, 2.45) is 28.9 Å². The van der Waals surface area contributed by atoms with Gasteiger partial charge in [-0.25, -0.2) is 0 Å². The monoisotopic (exact) mass is 458 g/mol. The van der Waals surface area contributed by atoms with E-state index in [1.54, 1.807) is 0 Å². The Kier molecular flexibility index (Phi) is 50.8. The van der Waals surface area contributed by atoms with Gasteiger partial charge in [0.2, 0.25) is 0 Å². The molecule has 1 aromatic carbocycles. The molecular formula is C19H46N4O8. The molecule has 0 aromatic heterocycles.